The molecule has 2 N–H and O–H groups in total. The van der Waals surface area contributed by atoms with Gasteiger partial charge in [0.05, 0.1) is 6.61 Å². The molecule has 1 aromatic carbocycles. The number of ether oxygens (including phenoxy) is 2. The van der Waals surface area contributed by atoms with Crippen LogP contribution in [0.3, 0.4) is 0 Å². The summed E-state index contributed by atoms with van der Waals surface area (Å²) in [6.07, 6.45) is 5.02. The van der Waals surface area contributed by atoms with E-state index in [9.17, 15) is 0 Å². The topological polar surface area (TPSA) is 44.5 Å². The summed E-state index contributed by atoms with van der Waals surface area (Å²) < 4.78 is 11.9. The standard InChI is InChI=1S/C17H27NO2/c1-3-13-9-10-14(12-18)17(11-13)20-16-8-6-5-7-15(16)19-4-2/h5-8,13-14,17H,3-4,9-12,18H2,1-2H3. The van der Waals surface area contributed by atoms with Gasteiger partial charge in [0.1, 0.15) is 6.10 Å². The maximum atomic E-state index is 6.27. The van der Waals surface area contributed by atoms with E-state index in [1.165, 1.54) is 19.3 Å². The number of benzene rings is 1. The Bertz CT molecular complexity index is 408. The molecule has 1 fully saturated rings. The highest BCUT2D eigenvalue weighted by molar-refractivity contribution is 5.39. The van der Waals surface area contributed by atoms with Gasteiger partial charge in [-0.25, -0.2) is 0 Å². The number of hydrogen-bond donors (Lipinski definition) is 1. The Morgan fingerprint density at radius 1 is 1.15 bits per heavy atom. The molecule has 1 aromatic rings. The van der Waals surface area contributed by atoms with Crippen LogP contribution >= 0.6 is 0 Å². The number of nitrogens with two attached hydrogens (primary N) is 1. The Morgan fingerprint density at radius 3 is 2.55 bits per heavy atom. The number of para-hydroxylation sites is 2. The van der Waals surface area contributed by atoms with Crippen molar-refractivity contribution >= 4 is 0 Å². The van der Waals surface area contributed by atoms with Crippen LogP contribution in [-0.4, -0.2) is 19.3 Å². The molecule has 0 aromatic heterocycles. The third-order valence-electron chi connectivity index (χ3n) is 4.34. The van der Waals surface area contributed by atoms with Gasteiger partial charge in [-0.05, 0) is 50.8 Å². The van der Waals surface area contributed by atoms with Crippen molar-refractivity contribution < 1.29 is 9.47 Å². The van der Waals surface area contributed by atoms with Crippen LogP contribution in [0.5, 0.6) is 11.5 Å². The SMILES string of the molecule is CCOc1ccccc1OC1CC(CC)CCC1CN. The van der Waals surface area contributed by atoms with Crippen LogP contribution in [-0.2, 0) is 0 Å². The van der Waals surface area contributed by atoms with Crippen molar-refractivity contribution in [1.29, 1.82) is 0 Å². The Morgan fingerprint density at radius 2 is 1.90 bits per heavy atom. The van der Waals surface area contributed by atoms with E-state index in [0.717, 1.165) is 23.8 Å². The van der Waals surface area contributed by atoms with Crippen LogP contribution < -0.4 is 15.2 Å². The van der Waals surface area contributed by atoms with Crippen LogP contribution in [0.25, 0.3) is 0 Å². The molecule has 0 saturated heterocycles. The number of hydrogen-bond acceptors (Lipinski definition) is 3. The van der Waals surface area contributed by atoms with Crippen molar-refractivity contribution in [3.63, 3.8) is 0 Å². The summed E-state index contributed by atoms with van der Waals surface area (Å²) in [5.41, 5.74) is 5.92. The summed E-state index contributed by atoms with van der Waals surface area (Å²) in [6, 6.07) is 7.94. The maximum Gasteiger partial charge on any atom is 0.161 e. The molecule has 1 aliphatic carbocycles. The van der Waals surface area contributed by atoms with Crippen molar-refractivity contribution in [3.05, 3.63) is 24.3 Å². The van der Waals surface area contributed by atoms with Gasteiger partial charge in [0, 0.05) is 5.92 Å². The predicted octanol–water partition coefficient (Wildman–Crippen LogP) is 3.62. The lowest BCUT2D eigenvalue weighted by Gasteiger charge is -2.35. The highest BCUT2D eigenvalue weighted by atomic mass is 16.5. The Kier molecular flexibility index (Phi) is 5.72. The normalized spacial score (nSPS) is 26.2. The molecule has 0 spiro atoms. The third-order valence-corrected chi connectivity index (χ3v) is 4.34. The Balaban J connectivity index is 2.09. The van der Waals surface area contributed by atoms with Crippen molar-refractivity contribution in [3.8, 4) is 11.5 Å². The quantitative estimate of drug-likeness (QED) is 0.863. The third kappa shape index (κ3) is 3.66. The van der Waals surface area contributed by atoms with Gasteiger partial charge < -0.3 is 15.2 Å². The molecule has 0 amide bonds. The molecule has 0 bridgehead atoms. The second kappa shape index (κ2) is 7.53. The first-order chi connectivity index (χ1) is 9.78. The minimum Gasteiger partial charge on any atom is -0.490 e. The van der Waals surface area contributed by atoms with Gasteiger partial charge in [0.25, 0.3) is 0 Å². The molecule has 0 aliphatic heterocycles. The molecule has 112 valence electrons. The zero-order chi connectivity index (χ0) is 14.4. The largest absolute Gasteiger partial charge is 0.490 e. The van der Waals surface area contributed by atoms with Gasteiger partial charge in [0.15, 0.2) is 11.5 Å². The van der Waals surface area contributed by atoms with E-state index in [0.29, 0.717) is 19.1 Å². The highest BCUT2D eigenvalue weighted by Gasteiger charge is 2.31. The van der Waals surface area contributed by atoms with E-state index in [-0.39, 0.29) is 6.10 Å². The van der Waals surface area contributed by atoms with Gasteiger partial charge in [-0.2, -0.15) is 0 Å². The van der Waals surface area contributed by atoms with Crippen LogP contribution in [0, 0.1) is 11.8 Å². The lowest BCUT2D eigenvalue weighted by Crippen LogP contribution is -2.38. The Labute approximate surface area is 122 Å². The summed E-state index contributed by atoms with van der Waals surface area (Å²) >= 11 is 0. The van der Waals surface area contributed by atoms with E-state index in [2.05, 4.69) is 6.92 Å². The first-order valence-corrected chi connectivity index (χ1v) is 7.87. The molecule has 1 aliphatic rings. The fourth-order valence-corrected chi connectivity index (χ4v) is 3.04. The van der Waals surface area contributed by atoms with Gasteiger partial charge in [-0.15, -0.1) is 0 Å². The molecular formula is C17H27NO2. The molecule has 2 rings (SSSR count). The van der Waals surface area contributed by atoms with E-state index in [1.807, 2.05) is 31.2 Å². The lowest BCUT2D eigenvalue weighted by molar-refractivity contribution is 0.0654. The van der Waals surface area contributed by atoms with E-state index < -0.39 is 0 Å². The fourth-order valence-electron chi connectivity index (χ4n) is 3.04. The van der Waals surface area contributed by atoms with Crippen LogP contribution in [0.1, 0.15) is 39.5 Å². The van der Waals surface area contributed by atoms with Crippen LogP contribution in [0.2, 0.25) is 0 Å². The summed E-state index contributed by atoms with van der Waals surface area (Å²) in [5, 5.41) is 0. The van der Waals surface area contributed by atoms with Crippen LogP contribution in [0.4, 0.5) is 0 Å². The van der Waals surface area contributed by atoms with Gasteiger partial charge in [0.2, 0.25) is 0 Å². The smallest absolute Gasteiger partial charge is 0.161 e. The molecular weight excluding hydrogens is 250 g/mol. The second-order valence-electron chi connectivity index (χ2n) is 5.62. The van der Waals surface area contributed by atoms with Gasteiger partial charge in [-0.1, -0.05) is 25.5 Å². The summed E-state index contributed by atoms with van der Waals surface area (Å²) in [4.78, 5) is 0. The lowest BCUT2D eigenvalue weighted by atomic mass is 9.78. The van der Waals surface area contributed by atoms with Crippen molar-refractivity contribution in [2.45, 2.75) is 45.6 Å². The molecule has 0 heterocycles. The monoisotopic (exact) mass is 277 g/mol. The Hall–Kier alpha value is -1.22. The molecule has 0 radical (unpaired) electrons. The summed E-state index contributed by atoms with van der Waals surface area (Å²) in [6.45, 7) is 5.62. The molecule has 1 saturated carbocycles. The minimum atomic E-state index is 0.223. The minimum absolute atomic E-state index is 0.223. The predicted molar refractivity (Wildman–Crippen MR) is 82.2 cm³/mol. The van der Waals surface area contributed by atoms with E-state index >= 15 is 0 Å². The average molecular weight is 277 g/mol. The molecule has 3 atom stereocenters. The molecule has 20 heavy (non-hydrogen) atoms. The first-order valence-electron chi connectivity index (χ1n) is 7.87. The van der Waals surface area contributed by atoms with Crippen molar-refractivity contribution in [2.24, 2.45) is 17.6 Å². The van der Waals surface area contributed by atoms with Gasteiger partial charge in [-0.3, -0.25) is 0 Å². The molecule has 3 heteroatoms. The average Bonchev–Trinajstić information content (AvgIpc) is 2.49. The second-order valence-corrected chi connectivity index (χ2v) is 5.62. The van der Waals surface area contributed by atoms with E-state index in [1.54, 1.807) is 0 Å². The van der Waals surface area contributed by atoms with E-state index in [4.69, 9.17) is 15.2 Å². The van der Waals surface area contributed by atoms with Gasteiger partial charge >= 0.3 is 0 Å². The zero-order valence-electron chi connectivity index (χ0n) is 12.7. The maximum absolute atomic E-state index is 6.27. The van der Waals surface area contributed by atoms with Crippen LogP contribution in [0.15, 0.2) is 24.3 Å². The molecule has 3 unspecified atom stereocenters. The summed E-state index contributed by atoms with van der Waals surface area (Å²) in [5.74, 6) is 2.92. The zero-order valence-corrected chi connectivity index (χ0v) is 12.7. The summed E-state index contributed by atoms with van der Waals surface area (Å²) in [7, 11) is 0. The van der Waals surface area contributed by atoms with Crippen molar-refractivity contribution in [1.82, 2.24) is 0 Å². The van der Waals surface area contributed by atoms with Crippen molar-refractivity contribution in [2.75, 3.05) is 13.2 Å². The highest BCUT2D eigenvalue weighted by Crippen LogP contribution is 2.36. The fraction of sp³-hybridized carbons (Fsp3) is 0.647. The molecule has 3 nitrogen and oxygen atoms in total. The number of rotatable bonds is 6. The first kappa shape index (κ1) is 15.2.